The summed E-state index contributed by atoms with van der Waals surface area (Å²) in [5.74, 6) is -1.51. The van der Waals surface area contributed by atoms with Crippen LogP contribution < -0.4 is 5.73 Å². The molecular weight excluding hydrogens is 197 g/mol. The molecule has 1 aromatic carbocycles. The highest BCUT2D eigenvalue weighted by atomic mass is 35.5. The van der Waals surface area contributed by atoms with E-state index in [1.54, 1.807) is 0 Å². The van der Waals surface area contributed by atoms with Crippen LogP contribution in [0.5, 0.6) is 0 Å². The van der Waals surface area contributed by atoms with Crippen molar-refractivity contribution < 1.29 is 14.3 Å². The molecule has 0 aliphatic carbocycles. The molecular formula is C8H7ClFNO2. The van der Waals surface area contributed by atoms with Gasteiger partial charge in [-0.2, -0.15) is 0 Å². The SMILES string of the molecule is NC(=O)[C@@H](O)c1ccc(F)c(Cl)c1. The largest absolute Gasteiger partial charge is 0.378 e. The Bertz CT molecular complexity index is 343. The van der Waals surface area contributed by atoms with E-state index in [2.05, 4.69) is 0 Å². The summed E-state index contributed by atoms with van der Waals surface area (Å²) in [5, 5.41) is 9.00. The summed E-state index contributed by atoms with van der Waals surface area (Å²) in [6.45, 7) is 0. The minimum absolute atomic E-state index is 0.155. The average Bonchev–Trinajstić information content (AvgIpc) is 2.08. The molecule has 0 unspecified atom stereocenters. The zero-order chi connectivity index (χ0) is 10.0. The van der Waals surface area contributed by atoms with Crippen LogP contribution in [0.3, 0.4) is 0 Å². The Labute approximate surface area is 78.9 Å². The first kappa shape index (κ1) is 9.95. The van der Waals surface area contributed by atoms with Gasteiger partial charge in [0.1, 0.15) is 5.82 Å². The maximum atomic E-state index is 12.6. The van der Waals surface area contributed by atoms with Crippen LogP contribution in [0.4, 0.5) is 4.39 Å². The van der Waals surface area contributed by atoms with Gasteiger partial charge in [-0.1, -0.05) is 17.7 Å². The first-order valence-corrected chi connectivity index (χ1v) is 3.82. The Morgan fingerprint density at radius 1 is 1.62 bits per heavy atom. The summed E-state index contributed by atoms with van der Waals surface area (Å²) in [7, 11) is 0. The number of rotatable bonds is 2. The van der Waals surface area contributed by atoms with Crippen molar-refractivity contribution >= 4 is 17.5 Å². The first-order valence-electron chi connectivity index (χ1n) is 3.44. The molecule has 5 heteroatoms. The number of carbonyl (C=O) groups is 1. The van der Waals surface area contributed by atoms with Crippen LogP contribution in [0, 0.1) is 5.82 Å². The number of halogens is 2. The molecule has 0 fully saturated rings. The Morgan fingerprint density at radius 2 is 2.23 bits per heavy atom. The second kappa shape index (κ2) is 3.72. The number of aliphatic hydroxyl groups is 1. The van der Waals surface area contributed by atoms with E-state index in [1.165, 1.54) is 6.07 Å². The molecule has 1 amide bonds. The van der Waals surface area contributed by atoms with Gasteiger partial charge in [-0.05, 0) is 17.7 Å². The second-order valence-electron chi connectivity index (χ2n) is 2.48. The molecule has 0 saturated heterocycles. The number of benzene rings is 1. The third-order valence-electron chi connectivity index (χ3n) is 1.53. The van der Waals surface area contributed by atoms with Crippen LogP contribution >= 0.6 is 11.6 Å². The van der Waals surface area contributed by atoms with E-state index in [-0.39, 0.29) is 10.6 Å². The predicted molar refractivity (Wildman–Crippen MR) is 45.6 cm³/mol. The number of aliphatic hydroxyl groups excluding tert-OH is 1. The molecule has 0 aromatic heterocycles. The molecule has 0 radical (unpaired) electrons. The molecule has 1 rings (SSSR count). The van der Waals surface area contributed by atoms with Gasteiger partial charge < -0.3 is 10.8 Å². The Kier molecular flexibility index (Phi) is 2.85. The highest BCUT2D eigenvalue weighted by molar-refractivity contribution is 6.30. The third kappa shape index (κ3) is 2.17. The summed E-state index contributed by atoms with van der Waals surface area (Å²) >= 11 is 5.42. The zero-order valence-corrected chi connectivity index (χ0v) is 7.25. The van der Waals surface area contributed by atoms with Crippen LogP contribution in [-0.2, 0) is 4.79 Å². The van der Waals surface area contributed by atoms with Crippen LogP contribution in [0.25, 0.3) is 0 Å². The van der Waals surface area contributed by atoms with Gasteiger partial charge in [0, 0.05) is 0 Å². The van der Waals surface area contributed by atoms with E-state index >= 15 is 0 Å². The molecule has 0 heterocycles. The second-order valence-corrected chi connectivity index (χ2v) is 2.89. The maximum Gasteiger partial charge on any atom is 0.250 e. The van der Waals surface area contributed by atoms with E-state index in [0.29, 0.717) is 0 Å². The smallest absolute Gasteiger partial charge is 0.250 e. The molecule has 70 valence electrons. The van der Waals surface area contributed by atoms with E-state index in [0.717, 1.165) is 12.1 Å². The standard InChI is InChI=1S/C8H7ClFNO2/c9-5-3-4(1-2-6(5)10)7(12)8(11)13/h1-3,7,12H,(H2,11,13)/t7-/m0/s1. The van der Waals surface area contributed by atoms with Crippen molar-refractivity contribution in [3.8, 4) is 0 Å². The molecule has 0 aliphatic heterocycles. The van der Waals surface area contributed by atoms with Crippen molar-refractivity contribution in [1.29, 1.82) is 0 Å². The Morgan fingerprint density at radius 3 is 2.69 bits per heavy atom. The van der Waals surface area contributed by atoms with Gasteiger partial charge in [-0.15, -0.1) is 0 Å². The van der Waals surface area contributed by atoms with Crippen molar-refractivity contribution in [2.24, 2.45) is 5.73 Å². The summed E-state index contributed by atoms with van der Waals surface area (Å²) in [5.41, 5.74) is 5.01. The van der Waals surface area contributed by atoms with Crippen LogP contribution in [0.2, 0.25) is 5.02 Å². The van der Waals surface area contributed by atoms with Gasteiger partial charge in [-0.25, -0.2) is 4.39 Å². The molecule has 3 N–H and O–H groups in total. The third-order valence-corrected chi connectivity index (χ3v) is 1.82. The molecule has 3 nitrogen and oxygen atoms in total. The molecule has 13 heavy (non-hydrogen) atoms. The highest BCUT2D eigenvalue weighted by Crippen LogP contribution is 2.20. The fraction of sp³-hybridized carbons (Fsp3) is 0.125. The van der Waals surface area contributed by atoms with E-state index in [9.17, 15) is 9.18 Å². The van der Waals surface area contributed by atoms with Crippen molar-refractivity contribution in [2.75, 3.05) is 0 Å². The fourth-order valence-corrected chi connectivity index (χ4v) is 1.04. The number of hydrogen-bond acceptors (Lipinski definition) is 2. The van der Waals surface area contributed by atoms with Gasteiger partial charge >= 0.3 is 0 Å². The van der Waals surface area contributed by atoms with Gasteiger partial charge in [-0.3, -0.25) is 4.79 Å². The summed E-state index contributed by atoms with van der Waals surface area (Å²) in [6.07, 6.45) is -1.45. The molecule has 0 aliphatic rings. The summed E-state index contributed by atoms with van der Waals surface area (Å²) in [6, 6.07) is 3.47. The van der Waals surface area contributed by atoms with Gasteiger partial charge in [0.05, 0.1) is 5.02 Å². The molecule has 1 aromatic rings. The quantitative estimate of drug-likeness (QED) is 0.753. The molecule has 0 saturated carbocycles. The van der Waals surface area contributed by atoms with Crippen LogP contribution in [-0.4, -0.2) is 11.0 Å². The molecule has 1 atom stereocenters. The highest BCUT2D eigenvalue weighted by Gasteiger charge is 2.14. The number of amides is 1. The summed E-state index contributed by atoms with van der Waals surface area (Å²) < 4.78 is 12.6. The van der Waals surface area contributed by atoms with E-state index in [1.807, 2.05) is 0 Å². The van der Waals surface area contributed by atoms with Crippen molar-refractivity contribution in [1.82, 2.24) is 0 Å². The maximum absolute atomic E-state index is 12.6. The van der Waals surface area contributed by atoms with Gasteiger partial charge in [0.25, 0.3) is 5.91 Å². The normalized spacial score (nSPS) is 12.5. The lowest BCUT2D eigenvalue weighted by Crippen LogP contribution is -2.20. The lowest BCUT2D eigenvalue weighted by atomic mass is 10.1. The Hall–Kier alpha value is -1.13. The van der Waals surface area contributed by atoms with Crippen molar-refractivity contribution in [3.05, 3.63) is 34.6 Å². The van der Waals surface area contributed by atoms with E-state index in [4.69, 9.17) is 22.4 Å². The first-order chi connectivity index (χ1) is 6.02. The average molecular weight is 204 g/mol. The number of nitrogens with two attached hydrogens (primary N) is 1. The van der Waals surface area contributed by atoms with Crippen LogP contribution in [0.1, 0.15) is 11.7 Å². The minimum Gasteiger partial charge on any atom is -0.378 e. The minimum atomic E-state index is -1.45. The van der Waals surface area contributed by atoms with Crippen molar-refractivity contribution in [3.63, 3.8) is 0 Å². The Balaban J connectivity index is 3.03. The lowest BCUT2D eigenvalue weighted by molar-refractivity contribution is -0.126. The monoisotopic (exact) mass is 203 g/mol. The number of primary amides is 1. The predicted octanol–water partition coefficient (Wildman–Crippen LogP) is 0.998. The fourth-order valence-electron chi connectivity index (χ4n) is 0.847. The summed E-state index contributed by atoms with van der Waals surface area (Å²) in [4.78, 5) is 10.5. The number of hydrogen-bond donors (Lipinski definition) is 2. The van der Waals surface area contributed by atoms with E-state index < -0.39 is 17.8 Å². The topological polar surface area (TPSA) is 63.3 Å². The zero-order valence-electron chi connectivity index (χ0n) is 6.50. The van der Waals surface area contributed by atoms with Crippen LogP contribution in [0.15, 0.2) is 18.2 Å². The van der Waals surface area contributed by atoms with Gasteiger partial charge in [0.15, 0.2) is 6.10 Å². The molecule has 0 spiro atoms. The number of carbonyl (C=O) groups excluding carboxylic acids is 1. The lowest BCUT2D eigenvalue weighted by Gasteiger charge is -2.06. The van der Waals surface area contributed by atoms with Crippen molar-refractivity contribution in [2.45, 2.75) is 6.10 Å². The molecule has 0 bridgehead atoms. The van der Waals surface area contributed by atoms with Gasteiger partial charge in [0.2, 0.25) is 0 Å².